The Hall–Kier alpha value is -2.54. The Bertz CT molecular complexity index is 1700. The minimum atomic E-state index is -0.293. The fraction of sp³-hybridized carbons (Fsp3) is 0.259. The van der Waals surface area contributed by atoms with Crippen LogP contribution in [0.3, 0.4) is 0 Å². The van der Waals surface area contributed by atoms with E-state index >= 15 is 0 Å². The average Bonchev–Trinajstić information content (AvgIpc) is 3.42. The number of hydrogen-bond acceptors (Lipinski definition) is 4. The summed E-state index contributed by atoms with van der Waals surface area (Å²) in [5, 5.41) is 8.35. The van der Waals surface area contributed by atoms with Crippen LogP contribution in [0.1, 0.15) is 30.3 Å². The first-order valence-electron chi connectivity index (χ1n) is 11.8. The van der Waals surface area contributed by atoms with Gasteiger partial charge in [0, 0.05) is 20.1 Å². The van der Waals surface area contributed by atoms with Gasteiger partial charge in [-0.25, -0.2) is 9.78 Å². The van der Waals surface area contributed by atoms with Crippen LogP contribution in [0.4, 0.5) is 0 Å². The number of halogens is 2. The third-order valence-corrected chi connectivity index (χ3v) is 9.13. The first-order chi connectivity index (χ1) is 17.3. The Kier molecular flexibility index (Phi) is 6.02. The fourth-order valence-electron chi connectivity index (χ4n) is 4.70. The maximum absolute atomic E-state index is 13.8. The summed E-state index contributed by atoms with van der Waals surface area (Å²) in [6.07, 6.45) is 0.807. The zero-order valence-electron chi connectivity index (χ0n) is 19.9. The molecular formula is C27H24I2N6O. The van der Waals surface area contributed by atoms with Gasteiger partial charge in [0.05, 0.1) is 35.2 Å². The highest BCUT2D eigenvalue weighted by molar-refractivity contribution is 14.1. The minimum Gasteiger partial charge on any atom is -0.326 e. The largest absolute Gasteiger partial charge is 0.329 e. The van der Waals surface area contributed by atoms with E-state index in [9.17, 15) is 4.79 Å². The van der Waals surface area contributed by atoms with E-state index in [-0.39, 0.29) is 11.4 Å². The molecule has 182 valence electrons. The first kappa shape index (κ1) is 23.8. The summed E-state index contributed by atoms with van der Waals surface area (Å²) < 4.78 is 8.37. The molecule has 0 atom stereocenters. The van der Waals surface area contributed by atoms with Gasteiger partial charge in [0.1, 0.15) is 5.82 Å². The predicted octanol–water partition coefficient (Wildman–Crippen LogP) is 6.34. The SMILES string of the molecule is Cc1c(I)cc(Cn2c(=O)n(Cc3nc4ccccc4n3CCC3(C)N=N3)c3ccccc32)cc1I. The van der Waals surface area contributed by atoms with Gasteiger partial charge in [-0.3, -0.25) is 9.13 Å². The highest BCUT2D eigenvalue weighted by Crippen LogP contribution is 2.32. The van der Waals surface area contributed by atoms with Gasteiger partial charge in [-0.1, -0.05) is 24.3 Å². The molecule has 0 fully saturated rings. The summed E-state index contributed by atoms with van der Waals surface area (Å²) in [6.45, 7) is 5.83. The van der Waals surface area contributed by atoms with Crippen LogP contribution in [0.5, 0.6) is 0 Å². The van der Waals surface area contributed by atoms with Crippen LogP contribution >= 0.6 is 45.2 Å². The molecule has 0 amide bonds. The van der Waals surface area contributed by atoms with Gasteiger partial charge < -0.3 is 4.57 Å². The van der Waals surface area contributed by atoms with Crippen molar-refractivity contribution in [2.75, 3.05) is 0 Å². The van der Waals surface area contributed by atoms with Gasteiger partial charge in [0.15, 0.2) is 5.66 Å². The third kappa shape index (κ3) is 4.29. The van der Waals surface area contributed by atoms with Crippen molar-refractivity contribution in [1.29, 1.82) is 0 Å². The lowest BCUT2D eigenvalue weighted by molar-refractivity contribution is 0.516. The van der Waals surface area contributed by atoms with E-state index in [1.165, 1.54) is 12.7 Å². The summed E-state index contributed by atoms with van der Waals surface area (Å²) in [6, 6.07) is 20.5. The monoisotopic (exact) mass is 702 g/mol. The van der Waals surface area contributed by atoms with Crippen molar-refractivity contribution in [2.24, 2.45) is 10.2 Å². The highest BCUT2D eigenvalue weighted by atomic mass is 127. The number of aryl methyl sites for hydroxylation is 1. The predicted molar refractivity (Wildman–Crippen MR) is 159 cm³/mol. The molecule has 0 radical (unpaired) electrons. The summed E-state index contributed by atoms with van der Waals surface area (Å²) in [5.41, 5.74) is 5.92. The van der Waals surface area contributed by atoms with Crippen LogP contribution in [0.2, 0.25) is 0 Å². The van der Waals surface area contributed by atoms with E-state index in [0.717, 1.165) is 46.4 Å². The van der Waals surface area contributed by atoms with Crippen LogP contribution in [0.15, 0.2) is 75.7 Å². The van der Waals surface area contributed by atoms with Gasteiger partial charge in [-0.05, 0) is 107 Å². The standard InChI is InChI=1S/C27H24I2N6O/c1-17-19(28)13-18(14-20(17)29)15-34-23-9-5-6-10-24(23)35(26(34)36)16-25-30-21-7-3-4-8-22(21)33(25)12-11-27(2)31-32-27/h3-10,13-14H,11-12,15-16H2,1-2H3. The summed E-state index contributed by atoms with van der Waals surface area (Å²) in [5.74, 6) is 0.866. The highest BCUT2D eigenvalue weighted by Gasteiger charge is 2.33. The molecule has 5 aromatic rings. The quantitative estimate of drug-likeness (QED) is 0.186. The lowest BCUT2D eigenvalue weighted by Gasteiger charge is -2.11. The molecule has 9 heteroatoms. The van der Waals surface area contributed by atoms with E-state index in [4.69, 9.17) is 4.98 Å². The Morgan fingerprint density at radius 2 is 1.42 bits per heavy atom. The lowest BCUT2D eigenvalue weighted by Crippen LogP contribution is -2.26. The van der Waals surface area contributed by atoms with E-state index in [0.29, 0.717) is 13.1 Å². The topological polar surface area (TPSA) is 69.5 Å². The van der Waals surface area contributed by atoms with Crippen molar-refractivity contribution in [3.8, 4) is 0 Å². The van der Waals surface area contributed by atoms with Gasteiger partial charge in [-0.15, -0.1) is 0 Å². The number of aromatic nitrogens is 4. The van der Waals surface area contributed by atoms with Crippen molar-refractivity contribution >= 4 is 67.2 Å². The summed E-state index contributed by atoms with van der Waals surface area (Å²) in [7, 11) is 0. The van der Waals surface area contributed by atoms with Crippen molar-refractivity contribution in [2.45, 2.75) is 45.6 Å². The smallest absolute Gasteiger partial charge is 0.326 e. The van der Waals surface area contributed by atoms with E-state index in [2.05, 4.69) is 85.1 Å². The Balaban J connectivity index is 1.43. The molecule has 0 N–H and O–H groups in total. The molecule has 0 spiro atoms. The van der Waals surface area contributed by atoms with Crippen molar-refractivity contribution < 1.29 is 0 Å². The Labute approximate surface area is 235 Å². The maximum Gasteiger partial charge on any atom is 0.329 e. The lowest BCUT2D eigenvalue weighted by atomic mass is 10.1. The number of benzene rings is 3. The van der Waals surface area contributed by atoms with Crippen molar-refractivity contribution in [3.05, 3.63) is 95.2 Å². The molecule has 1 aliphatic heterocycles. The zero-order chi connectivity index (χ0) is 25.0. The molecule has 0 bridgehead atoms. The number of hydrogen-bond donors (Lipinski definition) is 0. The molecule has 6 rings (SSSR count). The molecule has 0 aliphatic carbocycles. The fourth-order valence-corrected chi connectivity index (χ4v) is 6.59. The molecular weight excluding hydrogens is 678 g/mol. The number of nitrogens with zero attached hydrogens (tertiary/aromatic N) is 6. The molecule has 3 aromatic carbocycles. The molecule has 0 saturated carbocycles. The third-order valence-electron chi connectivity index (χ3n) is 6.89. The van der Waals surface area contributed by atoms with Gasteiger partial charge >= 0.3 is 5.69 Å². The normalized spacial score (nSPS) is 14.2. The van der Waals surface area contributed by atoms with Crippen LogP contribution in [0.25, 0.3) is 22.1 Å². The van der Waals surface area contributed by atoms with Gasteiger partial charge in [0.25, 0.3) is 0 Å². The van der Waals surface area contributed by atoms with Crippen LogP contribution in [0, 0.1) is 14.1 Å². The minimum absolute atomic E-state index is 0.0282. The van der Waals surface area contributed by atoms with Crippen LogP contribution in [-0.4, -0.2) is 24.3 Å². The second-order valence-corrected chi connectivity index (χ2v) is 11.8. The molecule has 7 nitrogen and oxygen atoms in total. The van der Waals surface area contributed by atoms with E-state index in [1.54, 1.807) is 0 Å². The second kappa shape index (κ2) is 9.09. The number of rotatable bonds is 7. The van der Waals surface area contributed by atoms with Crippen LogP contribution < -0.4 is 5.69 Å². The molecule has 0 saturated heterocycles. The number of imidazole rings is 2. The summed E-state index contributed by atoms with van der Waals surface area (Å²) in [4.78, 5) is 18.8. The molecule has 2 aromatic heterocycles. The van der Waals surface area contributed by atoms with E-state index < -0.39 is 0 Å². The van der Waals surface area contributed by atoms with E-state index in [1.807, 2.05) is 58.5 Å². The zero-order valence-corrected chi connectivity index (χ0v) is 24.3. The second-order valence-electron chi connectivity index (χ2n) is 9.46. The first-order valence-corrected chi connectivity index (χ1v) is 14.0. The Morgan fingerprint density at radius 3 is 2.06 bits per heavy atom. The Morgan fingerprint density at radius 1 is 0.833 bits per heavy atom. The van der Waals surface area contributed by atoms with Crippen LogP contribution in [-0.2, 0) is 19.6 Å². The maximum atomic E-state index is 13.8. The number of para-hydroxylation sites is 4. The van der Waals surface area contributed by atoms with Gasteiger partial charge in [-0.2, -0.15) is 10.2 Å². The average molecular weight is 702 g/mol. The van der Waals surface area contributed by atoms with Crippen molar-refractivity contribution in [1.82, 2.24) is 18.7 Å². The molecule has 36 heavy (non-hydrogen) atoms. The molecule has 0 unspecified atom stereocenters. The van der Waals surface area contributed by atoms with Crippen molar-refractivity contribution in [3.63, 3.8) is 0 Å². The molecule has 3 heterocycles. The number of fused-ring (bicyclic) bond motifs is 2. The summed E-state index contributed by atoms with van der Waals surface area (Å²) >= 11 is 4.74. The molecule has 1 aliphatic rings. The van der Waals surface area contributed by atoms with Gasteiger partial charge in [0.2, 0.25) is 0 Å².